The third-order valence-electron chi connectivity index (χ3n) is 2.30. The van der Waals surface area contributed by atoms with Crippen LogP contribution in [0.1, 0.15) is 33.1 Å². The predicted molar refractivity (Wildman–Crippen MR) is 53.1 cm³/mol. The molecular weight excluding hydrogens is 148 g/mol. The average molecular weight is 170 g/mol. The molecule has 0 aromatic carbocycles. The van der Waals surface area contributed by atoms with Gasteiger partial charge in [-0.15, -0.1) is 0 Å². The Morgan fingerprint density at radius 1 is 1.50 bits per heavy atom. The molecule has 0 spiro atoms. The molecule has 0 aromatic rings. The number of nitrogens with two attached hydrogens (primary N) is 1. The van der Waals surface area contributed by atoms with Crippen molar-refractivity contribution in [3.63, 3.8) is 0 Å². The lowest BCUT2D eigenvalue weighted by Crippen LogP contribution is -2.37. The van der Waals surface area contributed by atoms with E-state index in [1.807, 2.05) is 0 Å². The Morgan fingerprint density at radius 2 is 2.17 bits per heavy atom. The molecule has 72 valence electrons. The summed E-state index contributed by atoms with van der Waals surface area (Å²) < 4.78 is 0. The predicted octanol–water partition coefficient (Wildman–Crippen LogP) is 1.46. The smallest absolute Gasteiger partial charge is 0.0139 e. The van der Waals surface area contributed by atoms with Crippen molar-refractivity contribution < 1.29 is 0 Å². The molecule has 0 aliphatic heterocycles. The van der Waals surface area contributed by atoms with Crippen molar-refractivity contribution in [3.8, 4) is 0 Å². The van der Waals surface area contributed by atoms with Crippen LogP contribution in [-0.4, -0.2) is 30.6 Å². The second-order valence-electron chi connectivity index (χ2n) is 4.18. The maximum Gasteiger partial charge on any atom is 0.0139 e. The molecule has 0 bridgehead atoms. The molecule has 1 saturated carbocycles. The highest BCUT2D eigenvalue weighted by atomic mass is 15.1. The Morgan fingerprint density at radius 3 is 2.58 bits per heavy atom. The summed E-state index contributed by atoms with van der Waals surface area (Å²) in [6.07, 6.45) is 4.14. The summed E-state index contributed by atoms with van der Waals surface area (Å²) in [5, 5.41) is 0. The van der Waals surface area contributed by atoms with Gasteiger partial charge in [-0.25, -0.2) is 0 Å². The van der Waals surface area contributed by atoms with Gasteiger partial charge in [0.05, 0.1) is 0 Å². The highest BCUT2D eigenvalue weighted by molar-refractivity contribution is 4.78. The van der Waals surface area contributed by atoms with Gasteiger partial charge in [0, 0.05) is 19.1 Å². The first-order chi connectivity index (χ1) is 5.72. The van der Waals surface area contributed by atoms with E-state index in [-0.39, 0.29) is 0 Å². The highest BCUT2D eigenvalue weighted by Crippen LogP contribution is 2.29. The quantitative estimate of drug-likeness (QED) is 0.654. The van der Waals surface area contributed by atoms with Crippen molar-refractivity contribution in [2.75, 3.05) is 19.6 Å². The van der Waals surface area contributed by atoms with E-state index in [1.54, 1.807) is 0 Å². The summed E-state index contributed by atoms with van der Waals surface area (Å²) >= 11 is 0. The van der Waals surface area contributed by atoms with Gasteiger partial charge in [-0.3, -0.25) is 0 Å². The first kappa shape index (κ1) is 10.0. The second-order valence-corrected chi connectivity index (χ2v) is 4.18. The molecule has 1 rings (SSSR count). The van der Waals surface area contributed by atoms with Crippen LogP contribution in [0.4, 0.5) is 0 Å². The molecule has 1 fully saturated rings. The molecule has 0 saturated heterocycles. The van der Waals surface area contributed by atoms with Crippen LogP contribution >= 0.6 is 0 Å². The van der Waals surface area contributed by atoms with Crippen LogP contribution in [0.2, 0.25) is 0 Å². The molecular formula is C10H22N2. The molecule has 0 amide bonds. The van der Waals surface area contributed by atoms with Gasteiger partial charge < -0.3 is 10.6 Å². The molecule has 12 heavy (non-hydrogen) atoms. The van der Waals surface area contributed by atoms with Crippen LogP contribution in [0.15, 0.2) is 0 Å². The Hall–Kier alpha value is -0.0800. The molecule has 1 atom stereocenters. The minimum Gasteiger partial charge on any atom is -0.327 e. The normalized spacial score (nSPS) is 20.0. The van der Waals surface area contributed by atoms with Crippen molar-refractivity contribution in [3.05, 3.63) is 0 Å². The van der Waals surface area contributed by atoms with E-state index in [0.717, 1.165) is 12.5 Å². The van der Waals surface area contributed by atoms with Crippen molar-refractivity contribution in [2.24, 2.45) is 11.7 Å². The SMILES string of the molecule is CCCN(CC1CC1)C[C@H](C)N. The fourth-order valence-corrected chi connectivity index (χ4v) is 1.65. The van der Waals surface area contributed by atoms with Gasteiger partial charge in [0.2, 0.25) is 0 Å². The lowest BCUT2D eigenvalue weighted by molar-refractivity contribution is 0.251. The molecule has 1 aliphatic carbocycles. The Balaban J connectivity index is 2.16. The Bertz CT molecular complexity index is 115. The fourth-order valence-electron chi connectivity index (χ4n) is 1.65. The molecule has 2 nitrogen and oxygen atoms in total. The zero-order valence-corrected chi connectivity index (χ0v) is 8.42. The van der Waals surface area contributed by atoms with E-state index < -0.39 is 0 Å². The average Bonchev–Trinajstić information content (AvgIpc) is 2.70. The van der Waals surface area contributed by atoms with Crippen LogP contribution in [0.3, 0.4) is 0 Å². The van der Waals surface area contributed by atoms with Crippen LogP contribution in [-0.2, 0) is 0 Å². The van der Waals surface area contributed by atoms with Crippen LogP contribution in [0.5, 0.6) is 0 Å². The number of hydrogen-bond acceptors (Lipinski definition) is 2. The molecule has 0 radical (unpaired) electrons. The summed E-state index contributed by atoms with van der Waals surface area (Å²) in [5.41, 5.74) is 5.78. The number of nitrogens with zero attached hydrogens (tertiary/aromatic N) is 1. The van der Waals surface area contributed by atoms with Gasteiger partial charge >= 0.3 is 0 Å². The standard InChI is InChI=1S/C10H22N2/c1-3-6-12(7-9(2)11)8-10-4-5-10/h9-10H,3-8,11H2,1-2H3/t9-/m0/s1. The van der Waals surface area contributed by atoms with Gasteiger partial charge in [-0.2, -0.15) is 0 Å². The van der Waals surface area contributed by atoms with Crippen molar-refractivity contribution in [2.45, 2.75) is 39.2 Å². The zero-order valence-electron chi connectivity index (χ0n) is 8.42. The van der Waals surface area contributed by atoms with Crippen LogP contribution in [0.25, 0.3) is 0 Å². The van der Waals surface area contributed by atoms with E-state index >= 15 is 0 Å². The minimum atomic E-state index is 0.329. The molecule has 2 N–H and O–H groups in total. The highest BCUT2D eigenvalue weighted by Gasteiger charge is 2.23. The van der Waals surface area contributed by atoms with E-state index in [4.69, 9.17) is 5.73 Å². The zero-order chi connectivity index (χ0) is 8.97. The summed E-state index contributed by atoms with van der Waals surface area (Å²) in [6.45, 7) is 7.91. The third kappa shape index (κ3) is 4.07. The topological polar surface area (TPSA) is 29.3 Å². The minimum absolute atomic E-state index is 0.329. The van der Waals surface area contributed by atoms with Gasteiger partial charge in [0.1, 0.15) is 0 Å². The molecule has 2 heteroatoms. The van der Waals surface area contributed by atoms with Crippen LogP contribution in [0, 0.1) is 5.92 Å². The lowest BCUT2D eigenvalue weighted by atomic mass is 10.2. The van der Waals surface area contributed by atoms with Gasteiger partial charge in [-0.1, -0.05) is 6.92 Å². The van der Waals surface area contributed by atoms with E-state index in [0.29, 0.717) is 6.04 Å². The summed E-state index contributed by atoms with van der Waals surface area (Å²) in [5.74, 6) is 0.996. The third-order valence-corrected chi connectivity index (χ3v) is 2.30. The van der Waals surface area contributed by atoms with Crippen molar-refractivity contribution in [1.29, 1.82) is 0 Å². The van der Waals surface area contributed by atoms with E-state index in [9.17, 15) is 0 Å². The Kier molecular flexibility index (Phi) is 4.02. The number of rotatable bonds is 6. The Labute approximate surface area is 76.1 Å². The first-order valence-electron chi connectivity index (χ1n) is 5.20. The molecule has 0 aromatic heterocycles. The molecule has 0 unspecified atom stereocenters. The van der Waals surface area contributed by atoms with Crippen LogP contribution < -0.4 is 5.73 Å². The summed E-state index contributed by atoms with van der Waals surface area (Å²) in [7, 11) is 0. The maximum atomic E-state index is 5.78. The van der Waals surface area contributed by atoms with Gasteiger partial charge in [-0.05, 0) is 38.6 Å². The van der Waals surface area contributed by atoms with Crippen molar-refractivity contribution >= 4 is 0 Å². The van der Waals surface area contributed by atoms with Crippen molar-refractivity contribution in [1.82, 2.24) is 4.90 Å². The molecule has 0 heterocycles. The van der Waals surface area contributed by atoms with E-state index in [2.05, 4.69) is 18.7 Å². The first-order valence-corrected chi connectivity index (χ1v) is 5.20. The second kappa shape index (κ2) is 4.83. The molecule has 1 aliphatic rings. The monoisotopic (exact) mass is 170 g/mol. The maximum absolute atomic E-state index is 5.78. The number of hydrogen-bond donors (Lipinski definition) is 1. The van der Waals surface area contributed by atoms with Gasteiger partial charge in [0.25, 0.3) is 0 Å². The largest absolute Gasteiger partial charge is 0.327 e. The fraction of sp³-hybridized carbons (Fsp3) is 1.00. The van der Waals surface area contributed by atoms with E-state index in [1.165, 1.54) is 32.4 Å². The lowest BCUT2D eigenvalue weighted by Gasteiger charge is -2.23. The summed E-state index contributed by atoms with van der Waals surface area (Å²) in [6, 6.07) is 0.329. The summed E-state index contributed by atoms with van der Waals surface area (Å²) in [4.78, 5) is 2.52. The van der Waals surface area contributed by atoms with Gasteiger partial charge in [0.15, 0.2) is 0 Å².